The Hall–Kier alpha value is -2.35. The molecule has 132 valence electrons. The molecule has 2 aromatic carbocycles. The molecule has 0 saturated carbocycles. The van der Waals surface area contributed by atoms with Gasteiger partial charge in [-0.25, -0.2) is 4.39 Å². The molecule has 1 N–H and O–H groups in total. The van der Waals surface area contributed by atoms with E-state index in [9.17, 15) is 9.50 Å². The molecule has 0 bridgehead atoms. The molecule has 1 aliphatic rings. The van der Waals surface area contributed by atoms with Crippen LogP contribution < -0.4 is 4.90 Å². The Bertz CT molecular complexity index is 961. The van der Waals surface area contributed by atoms with Crippen LogP contribution >= 0.6 is 23.4 Å². The monoisotopic (exact) mass is 389 g/mol. The van der Waals surface area contributed by atoms with Crippen LogP contribution in [0.4, 0.5) is 10.1 Å². The van der Waals surface area contributed by atoms with E-state index in [4.69, 9.17) is 16.0 Å². The van der Waals surface area contributed by atoms with Gasteiger partial charge in [0.25, 0.3) is 5.22 Å². The normalized spacial score (nSPS) is 16.8. The van der Waals surface area contributed by atoms with E-state index < -0.39 is 6.10 Å². The topological polar surface area (TPSA) is 62.4 Å². The summed E-state index contributed by atoms with van der Waals surface area (Å²) in [5.41, 5.74) is 1.52. The minimum atomic E-state index is -0.688. The highest BCUT2D eigenvalue weighted by atomic mass is 35.5. The highest BCUT2D eigenvalue weighted by Gasteiger charge is 2.26. The Morgan fingerprint density at radius 1 is 1.19 bits per heavy atom. The molecule has 1 aromatic heterocycles. The summed E-state index contributed by atoms with van der Waals surface area (Å²) < 4.78 is 18.7. The Labute approximate surface area is 158 Å². The molecule has 1 unspecified atom stereocenters. The summed E-state index contributed by atoms with van der Waals surface area (Å²) in [5.74, 6) is 0.0601. The second kappa shape index (κ2) is 7.11. The molecule has 4 rings (SSSR count). The lowest BCUT2D eigenvalue weighted by molar-refractivity contribution is 0.235. The molecule has 26 heavy (non-hydrogen) atoms. The molecule has 1 aliphatic heterocycles. The Morgan fingerprint density at radius 2 is 2.00 bits per heavy atom. The first kappa shape index (κ1) is 17.1. The van der Waals surface area contributed by atoms with Crippen molar-refractivity contribution < 1.29 is 13.9 Å². The van der Waals surface area contributed by atoms with Crippen molar-refractivity contribution in [3.8, 4) is 11.5 Å². The van der Waals surface area contributed by atoms with Gasteiger partial charge in [0.15, 0.2) is 0 Å². The van der Waals surface area contributed by atoms with E-state index in [1.807, 2.05) is 11.0 Å². The number of β-amino-alcohol motifs (C(OH)–C–C–N with tert-alkyl or cyclic N) is 1. The van der Waals surface area contributed by atoms with Crippen LogP contribution in [0.15, 0.2) is 69.3 Å². The molecule has 3 aromatic rings. The maximum absolute atomic E-state index is 13.1. The molecular formula is C18H13ClFN3O2S. The van der Waals surface area contributed by atoms with E-state index in [0.717, 1.165) is 11.3 Å². The number of thioether (sulfide) groups is 1. The van der Waals surface area contributed by atoms with Gasteiger partial charge in [0.2, 0.25) is 5.89 Å². The zero-order chi connectivity index (χ0) is 18.1. The molecule has 2 heterocycles. The van der Waals surface area contributed by atoms with Crippen LogP contribution in [0.25, 0.3) is 11.5 Å². The molecule has 0 fully saturated rings. The van der Waals surface area contributed by atoms with Crippen LogP contribution in [0, 0.1) is 5.82 Å². The molecule has 0 amide bonds. The number of aliphatic hydroxyl groups excluding tert-OH is 1. The zero-order valence-electron chi connectivity index (χ0n) is 13.3. The van der Waals surface area contributed by atoms with Gasteiger partial charge >= 0.3 is 0 Å². The van der Waals surface area contributed by atoms with E-state index in [0.29, 0.717) is 27.6 Å². The standard InChI is InChI=1S/C18H13ClFN3O2S/c19-12-3-1-2-11(8-12)17-21-22-18(25-17)26-16-10-23(9-15(16)24)14-6-4-13(20)5-7-14/h1-8,10,15,24H,9H2. The molecule has 0 aliphatic carbocycles. The number of aromatic nitrogens is 2. The van der Waals surface area contributed by atoms with Gasteiger partial charge in [0, 0.05) is 27.4 Å². The van der Waals surface area contributed by atoms with Gasteiger partial charge in [0.1, 0.15) is 11.9 Å². The number of halogens is 2. The molecule has 5 nitrogen and oxygen atoms in total. The summed E-state index contributed by atoms with van der Waals surface area (Å²) >= 11 is 7.18. The second-order valence-electron chi connectivity index (χ2n) is 5.66. The SMILES string of the molecule is OC1CN(c2ccc(F)cc2)C=C1Sc1nnc(-c2cccc(Cl)c2)o1. The summed E-state index contributed by atoms with van der Waals surface area (Å²) in [5, 5.41) is 19.2. The van der Waals surface area contributed by atoms with Crippen LogP contribution in [0.5, 0.6) is 0 Å². The summed E-state index contributed by atoms with van der Waals surface area (Å²) in [6, 6.07) is 13.2. The second-order valence-corrected chi connectivity index (χ2v) is 7.12. The van der Waals surface area contributed by atoms with Gasteiger partial charge in [-0.1, -0.05) is 17.7 Å². The fraction of sp³-hybridized carbons (Fsp3) is 0.111. The van der Waals surface area contributed by atoms with Gasteiger partial charge in [-0.05, 0) is 54.2 Å². The number of anilines is 1. The lowest BCUT2D eigenvalue weighted by Crippen LogP contribution is -2.20. The highest BCUT2D eigenvalue weighted by molar-refractivity contribution is 8.02. The predicted octanol–water partition coefficient (Wildman–Crippen LogP) is 4.34. The summed E-state index contributed by atoms with van der Waals surface area (Å²) in [6.07, 6.45) is 1.11. The first-order valence-electron chi connectivity index (χ1n) is 7.78. The van der Waals surface area contributed by atoms with Crippen molar-refractivity contribution in [2.24, 2.45) is 0 Å². The highest BCUT2D eigenvalue weighted by Crippen LogP contribution is 2.35. The lowest BCUT2D eigenvalue weighted by Gasteiger charge is -2.15. The molecule has 1 atom stereocenters. The largest absolute Gasteiger partial charge is 0.411 e. The van der Waals surface area contributed by atoms with Crippen molar-refractivity contribution in [1.82, 2.24) is 10.2 Å². The first-order chi connectivity index (χ1) is 12.6. The molecular weight excluding hydrogens is 377 g/mol. The van der Waals surface area contributed by atoms with Gasteiger partial charge in [-0.2, -0.15) is 0 Å². The lowest BCUT2D eigenvalue weighted by atomic mass is 10.2. The van der Waals surface area contributed by atoms with Crippen molar-refractivity contribution in [1.29, 1.82) is 0 Å². The average molecular weight is 390 g/mol. The molecule has 0 radical (unpaired) electrons. The maximum atomic E-state index is 13.1. The van der Waals surface area contributed by atoms with E-state index in [1.54, 1.807) is 36.5 Å². The Balaban J connectivity index is 1.52. The van der Waals surface area contributed by atoms with Gasteiger partial charge < -0.3 is 14.4 Å². The number of rotatable bonds is 4. The van der Waals surface area contributed by atoms with Crippen LogP contribution in [-0.2, 0) is 0 Å². The van der Waals surface area contributed by atoms with E-state index >= 15 is 0 Å². The number of nitrogens with zero attached hydrogens (tertiary/aromatic N) is 3. The van der Waals surface area contributed by atoms with Crippen LogP contribution in [0.3, 0.4) is 0 Å². The third kappa shape index (κ3) is 3.60. The van der Waals surface area contributed by atoms with E-state index in [2.05, 4.69) is 10.2 Å². The average Bonchev–Trinajstić information content (AvgIpc) is 3.23. The molecule has 8 heteroatoms. The summed E-state index contributed by atoms with van der Waals surface area (Å²) in [7, 11) is 0. The fourth-order valence-electron chi connectivity index (χ4n) is 2.57. The van der Waals surface area contributed by atoms with Crippen molar-refractivity contribution in [2.45, 2.75) is 11.3 Å². The third-order valence-electron chi connectivity index (χ3n) is 3.82. The van der Waals surface area contributed by atoms with Crippen LogP contribution in [0.2, 0.25) is 5.02 Å². The number of hydrogen-bond donors (Lipinski definition) is 1. The van der Waals surface area contributed by atoms with Crippen molar-refractivity contribution in [3.05, 3.63) is 70.5 Å². The van der Waals surface area contributed by atoms with Gasteiger partial charge in [-0.3, -0.25) is 0 Å². The minimum absolute atomic E-state index is 0.300. The number of benzene rings is 2. The van der Waals surface area contributed by atoms with Crippen LogP contribution in [-0.4, -0.2) is 28.0 Å². The maximum Gasteiger partial charge on any atom is 0.281 e. The summed E-state index contributed by atoms with van der Waals surface area (Å²) in [6.45, 7) is 0.378. The number of hydrogen-bond acceptors (Lipinski definition) is 6. The Kier molecular flexibility index (Phi) is 4.67. The van der Waals surface area contributed by atoms with Gasteiger partial charge in [0.05, 0.1) is 6.54 Å². The van der Waals surface area contributed by atoms with Crippen molar-refractivity contribution in [3.63, 3.8) is 0 Å². The zero-order valence-corrected chi connectivity index (χ0v) is 14.9. The molecule has 0 spiro atoms. The quantitative estimate of drug-likeness (QED) is 0.716. The molecule has 0 saturated heterocycles. The Morgan fingerprint density at radius 3 is 2.77 bits per heavy atom. The predicted molar refractivity (Wildman–Crippen MR) is 98.4 cm³/mol. The van der Waals surface area contributed by atoms with E-state index in [1.165, 1.54) is 23.9 Å². The minimum Gasteiger partial charge on any atom is -0.411 e. The first-order valence-corrected chi connectivity index (χ1v) is 8.97. The summed E-state index contributed by atoms with van der Waals surface area (Å²) in [4.78, 5) is 2.52. The van der Waals surface area contributed by atoms with E-state index in [-0.39, 0.29) is 5.82 Å². The van der Waals surface area contributed by atoms with Crippen LogP contribution in [0.1, 0.15) is 0 Å². The smallest absolute Gasteiger partial charge is 0.281 e. The van der Waals surface area contributed by atoms with Gasteiger partial charge in [-0.15, -0.1) is 10.2 Å². The van der Waals surface area contributed by atoms with Crippen molar-refractivity contribution >= 4 is 29.1 Å². The third-order valence-corrected chi connectivity index (χ3v) is 5.01. The number of aliphatic hydroxyl groups is 1. The fourth-order valence-corrected chi connectivity index (χ4v) is 3.55. The van der Waals surface area contributed by atoms with Crippen molar-refractivity contribution in [2.75, 3.05) is 11.4 Å².